The molecule has 1 fully saturated rings. The number of rotatable bonds is 3. The summed E-state index contributed by atoms with van der Waals surface area (Å²) in [5.41, 5.74) is 8.70. The molecular formula is C20H24N4O2. The number of carbonyl (C=O) groups excluding carboxylic acids is 2. The Labute approximate surface area is 153 Å². The fourth-order valence-corrected chi connectivity index (χ4v) is 2.98. The number of hydrogen-bond donors (Lipinski definition) is 3. The monoisotopic (exact) mass is 352 g/mol. The summed E-state index contributed by atoms with van der Waals surface area (Å²) in [6.45, 7) is 3.24. The summed E-state index contributed by atoms with van der Waals surface area (Å²) < 4.78 is 0. The van der Waals surface area contributed by atoms with E-state index in [1.165, 1.54) is 0 Å². The fraction of sp³-hybridized carbons (Fsp3) is 0.300. The molecule has 0 bridgehead atoms. The number of anilines is 2. The molecule has 6 nitrogen and oxygen atoms in total. The summed E-state index contributed by atoms with van der Waals surface area (Å²) in [4.78, 5) is 26.7. The van der Waals surface area contributed by atoms with Crippen LogP contribution >= 0.6 is 0 Å². The molecule has 4 N–H and O–H groups in total. The van der Waals surface area contributed by atoms with Gasteiger partial charge in [-0.15, -0.1) is 0 Å². The van der Waals surface area contributed by atoms with Gasteiger partial charge in [0, 0.05) is 36.1 Å². The number of para-hydroxylation sites is 1. The molecule has 6 heteroatoms. The zero-order valence-corrected chi connectivity index (χ0v) is 14.9. The third kappa shape index (κ3) is 4.40. The number of likely N-dealkylation sites (tertiary alicyclic amines) is 1. The smallest absolute Gasteiger partial charge is 0.323 e. The molecule has 3 amide bonds. The molecular weight excluding hydrogens is 328 g/mol. The highest BCUT2D eigenvalue weighted by Gasteiger charge is 2.22. The number of nitrogens with one attached hydrogen (secondary N) is 2. The van der Waals surface area contributed by atoms with Crippen LogP contribution in [0, 0.1) is 6.92 Å². The molecule has 0 atom stereocenters. The van der Waals surface area contributed by atoms with E-state index < -0.39 is 0 Å². The molecule has 0 saturated carbocycles. The molecule has 2 aromatic rings. The van der Waals surface area contributed by atoms with Gasteiger partial charge in [0.2, 0.25) is 0 Å². The Balaban J connectivity index is 1.69. The first kappa shape index (κ1) is 17.9. The molecule has 0 spiro atoms. The first-order chi connectivity index (χ1) is 12.5. The average molecular weight is 352 g/mol. The van der Waals surface area contributed by atoms with Crippen LogP contribution < -0.4 is 16.4 Å². The highest BCUT2D eigenvalue weighted by atomic mass is 16.2. The zero-order valence-electron chi connectivity index (χ0n) is 14.9. The van der Waals surface area contributed by atoms with Gasteiger partial charge in [0.1, 0.15) is 0 Å². The Morgan fingerprint density at radius 3 is 2.42 bits per heavy atom. The lowest BCUT2D eigenvalue weighted by atomic mass is 10.0. The number of amides is 3. The van der Waals surface area contributed by atoms with E-state index in [0.29, 0.717) is 30.0 Å². The van der Waals surface area contributed by atoms with Crippen molar-refractivity contribution < 1.29 is 9.59 Å². The summed E-state index contributed by atoms with van der Waals surface area (Å²) in [7, 11) is 0. The number of aryl methyl sites for hydroxylation is 1. The van der Waals surface area contributed by atoms with Gasteiger partial charge in [-0.05, 0) is 49.6 Å². The minimum atomic E-state index is -0.340. The van der Waals surface area contributed by atoms with Crippen molar-refractivity contribution in [1.82, 2.24) is 4.90 Å². The van der Waals surface area contributed by atoms with Gasteiger partial charge in [0.15, 0.2) is 0 Å². The van der Waals surface area contributed by atoms with Crippen LogP contribution in [0.15, 0.2) is 48.5 Å². The summed E-state index contributed by atoms with van der Waals surface area (Å²) in [6.07, 6.45) is 1.64. The number of carbonyl (C=O) groups is 2. The van der Waals surface area contributed by atoms with Crippen LogP contribution in [-0.4, -0.2) is 36.0 Å². The molecule has 1 saturated heterocycles. The third-order valence-corrected chi connectivity index (χ3v) is 4.59. The van der Waals surface area contributed by atoms with E-state index in [-0.39, 0.29) is 18.0 Å². The lowest BCUT2D eigenvalue weighted by molar-refractivity contribution is 0.0715. The lowest BCUT2D eigenvalue weighted by Gasteiger charge is -2.30. The van der Waals surface area contributed by atoms with E-state index in [9.17, 15) is 9.59 Å². The maximum Gasteiger partial charge on any atom is 0.323 e. The highest BCUT2D eigenvalue weighted by molar-refractivity contribution is 6.02. The maximum atomic E-state index is 12.7. The van der Waals surface area contributed by atoms with E-state index in [2.05, 4.69) is 10.6 Å². The standard InChI is InChI=1S/C20H24N4O2/c1-14-7-8-15(19(25)24-11-9-16(21)10-12-24)13-18(14)23-20(26)22-17-5-3-2-4-6-17/h2-8,13,16H,9-12,21H2,1H3,(H2,22,23,26). The van der Waals surface area contributed by atoms with Crippen LogP contribution in [0.4, 0.5) is 16.2 Å². The van der Waals surface area contributed by atoms with Crippen molar-refractivity contribution in [3.05, 3.63) is 59.7 Å². The van der Waals surface area contributed by atoms with Gasteiger partial charge in [0.05, 0.1) is 0 Å². The van der Waals surface area contributed by atoms with Crippen LogP contribution in [0.5, 0.6) is 0 Å². The van der Waals surface area contributed by atoms with E-state index in [4.69, 9.17) is 5.73 Å². The fourth-order valence-electron chi connectivity index (χ4n) is 2.98. The quantitative estimate of drug-likeness (QED) is 0.793. The van der Waals surface area contributed by atoms with E-state index in [1.54, 1.807) is 12.1 Å². The normalized spacial score (nSPS) is 14.8. The molecule has 1 aliphatic heterocycles. The van der Waals surface area contributed by atoms with Gasteiger partial charge < -0.3 is 21.3 Å². The van der Waals surface area contributed by atoms with E-state index in [1.807, 2.05) is 48.2 Å². The van der Waals surface area contributed by atoms with Crippen molar-refractivity contribution >= 4 is 23.3 Å². The summed E-state index contributed by atoms with van der Waals surface area (Å²) >= 11 is 0. The minimum Gasteiger partial charge on any atom is -0.339 e. The first-order valence-electron chi connectivity index (χ1n) is 8.81. The minimum absolute atomic E-state index is 0.0246. The predicted octanol–water partition coefficient (Wildman–Crippen LogP) is 3.20. The van der Waals surface area contributed by atoms with Crippen molar-refractivity contribution in [3.63, 3.8) is 0 Å². The second kappa shape index (κ2) is 8.01. The lowest BCUT2D eigenvalue weighted by Crippen LogP contribution is -2.42. The molecule has 0 unspecified atom stereocenters. The van der Waals surface area contributed by atoms with Gasteiger partial charge in [-0.3, -0.25) is 4.79 Å². The maximum absolute atomic E-state index is 12.7. The number of benzene rings is 2. The predicted molar refractivity (Wildman–Crippen MR) is 103 cm³/mol. The molecule has 136 valence electrons. The van der Waals surface area contributed by atoms with Crippen LogP contribution in [0.25, 0.3) is 0 Å². The average Bonchev–Trinajstić information content (AvgIpc) is 2.64. The molecule has 3 rings (SSSR count). The number of nitrogens with zero attached hydrogens (tertiary/aromatic N) is 1. The van der Waals surface area contributed by atoms with E-state index >= 15 is 0 Å². The Morgan fingerprint density at radius 2 is 1.73 bits per heavy atom. The second-order valence-electron chi connectivity index (χ2n) is 6.60. The highest BCUT2D eigenvalue weighted by Crippen LogP contribution is 2.20. The SMILES string of the molecule is Cc1ccc(C(=O)N2CCC(N)CC2)cc1NC(=O)Nc1ccccc1. The summed E-state index contributed by atoms with van der Waals surface area (Å²) in [6, 6.07) is 14.4. The van der Waals surface area contributed by atoms with Crippen molar-refractivity contribution in [3.8, 4) is 0 Å². The van der Waals surface area contributed by atoms with Crippen molar-refractivity contribution in [2.45, 2.75) is 25.8 Å². The van der Waals surface area contributed by atoms with Crippen LogP contribution in [0.1, 0.15) is 28.8 Å². The Morgan fingerprint density at radius 1 is 1.04 bits per heavy atom. The molecule has 1 aliphatic rings. The zero-order chi connectivity index (χ0) is 18.5. The Bertz CT molecular complexity index is 784. The van der Waals surface area contributed by atoms with Gasteiger partial charge in [0.25, 0.3) is 5.91 Å². The number of hydrogen-bond acceptors (Lipinski definition) is 3. The van der Waals surface area contributed by atoms with Gasteiger partial charge in [-0.2, -0.15) is 0 Å². The van der Waals surface area contributed by atoms with Crippen molar-refractivity contribution in [2.75, 3.05) is 23.7 Å². The topological polar surface area (TPSA) is 87.5 Å². The summed E-state index contributed by atoms with van der Waals surface area (Å²) in [5.74, 6) is -0.0246. The van der Waals surface area contributed by atoms with Crippen LogP contribution in [-0.2, 0) is 0 Å². The first-order valence-corrected chi connectivity index (χ1v) is 8.81. The van der Waals surface area contributed by atoms with Crippen LogP contribution in [0.2, 0.25) is 0 Å². The molecule has 1 heterocycles. The Kier molecular flexibility index (Phi) is 5.53. The second-order valence-corrected chi connectivity index (χ2v) is 6.60. The number of piperidine rings is 1. The van der Waals surface area contributed by atoms with Gasteiger partial charge in [-0.25, -0.2) is 4.79 Å². The van der Waals surface area contributed by atoms with Crippen LogP contribution in [0.3, 0.4) is 0 Å². The van der Waals surface area contributed by atoms with Crippen molar-refractivity contribution in [1.29, 1.82) is 0 Å². The van der Waals surface area contributed by atoms with Gasteiger partial charge >= 0.3 is 6.03 Å². The van der Waals surface area contributed by atoms with Crippen molar-refractivity contribution in [2.24, 2.45) is 5.73 Å². The largest absolute Gasteiger partial charge is 0.339 e. The third-order valence-electron chi connectivity index (χ3n) is 4.59. The van der Waals surface area contributed by atoms with E-state index in [0.717, 1.165) is 18.4 Å². The molecule has 2 aromatic carbocycles. The van der Waals surface area contributed by atoms with Gasteiger partial charge in [-0.1, -0.05) is 24.3 Å². The molecule has 0 aliphatic carbocycles. The number of urea groups is 1. The summed E-state index contributed by atoms with van der Waals surface area (Å²) in [5, 5.41) is 5.60. The number of nitrogens with two attached hydrogens (primary N) is 1. The molecule has 0 radical (unpaired) electrons. The Hall–Kier alpha value is -2.86. The molecule has 0 aromatic heterocycles. The molecule has 26 heavy (non-hydrogen) atoms.